The summed E-state index contributed by atoms with van der Waals surface area (Å²) in [5, 5.41) is 10.6. The Morgan fingerprint density at radius 2 is 2.06 bits per heavy atom. The summed E-state index contributed by atoms with van der Waals surface area (Å²) in [5.74, 6) is 0.761. The van der Waals surface area contributed by atoms with Crippen molar-refractivity contribution in [3.05, 3.63) is 22.6 Å². The average Bonchev–Trinajstić information content (AvgIpc) is 2.69. The van der Waals surface area contributed by atoms with Crippen molar-refractivity contribution in [3.8, 4) is 0 Å². The van der Waals surface area contributed by atoms with Gasteiger partial charge in [0, 0.05) is 6.54 Å². The Morgan fingerprint density at radius 3 is 2.56 bits per heavy atom. The SMILES string of the molecule is O=[N+]([O-])c1cn(CC2(CS)CCCCCC2)cn1. The lowest BCUT2D eigenvalue weighted by atomic mass is 9.82. The first kappa shape index (κ1) is 13.4. The van der Waals surface area contributed by atoms with E-state index in [4.69, 9.17) is 0 Å². The van der Waals surface area contributed by atoms with Gasteiger partial charge in [-0.05, 0) is 33.9 Å². The van der Waals surface area contributed by atoms with Crippen LogP contribution < -0.4 is 0 Å². The van der Waals surface area contributed by atoms with Crippen LogP contribution in [0.4, 0.5) is 5.82 Å². The van der Waals surface area contributed by atoms with E-state index < -0.39 is 4.92 Å². The van der Waals surface area contributed by atoms with Crippen LogP contribution in [0.5, 0.6) is 0 Å². The highest BCUT2D eigenvalue weighted by Crippen LogP contribution is 2.37. The van der Waals surface area contributed by atoms with E-state index in [2.05, 4.69) is 17.6 Å². The van der Waals surface area contributed by atoms with Gasteiger partial charge in [0.2, 0.25) is 6.33 Å². The molecule has 1 heterocycles. The highest BCUT2D eigenvalue weighted by atomic mass is 32.1. The molecule has 1 aliphatic carbocycles. The van der Waals surface area contributed by atoms with Gasteiger partial charge in [0.25, 0.3) is 0 Å². The van der Waals surface area contributed by atoms with Gasteiger partial charge in [-0.15, -0.1) is 0 Å². The third-order valence-electron chi connectivity index (χ3n) is 3.82. The Hall–Kier alpha value is -1.04. The number of hydrogen-bond donors (Lipinski definition) is 1. The maximum absolute atomic E-state index is 10.6. The van der Waals surface area contributed by atoms with Crippen molar-refractivity contribution < 1.29 is 4.92 Å². The summed E-state index contributed by atoms with van der Waals surface area (Å²) in [6, 6.07) is 0. The maximum Gasteiger partial charge on any atom is 0.381 e. The van der Waals surface area contributed by atoms with Crippen molar-refractivity contribution in [1.29, 1.82) is 0 Å². The van der Waals surface area contributed by atoms with Gasteiger partial charge in [-0.1, -0.05) is 25.7 Å². The maximum atomic E-state index is 10.6. The molecule has 0 atom stereocenters. The van der Waals surface area contributed by atoms with E-state index in [1.165, 1.54) is 31.9 Å². The Kier molecular flexibility index (Phi) is 4.27. The molecule has 0 radical (unpaired) electrons. The number of imidazole rings is 1. The molecule has 0 unspecified atom stereocenters. The topological polar surface area (TPSA) is 61.0 Å². The third-order valence-corrected chi connectivity index (χ3v) is 4.50. The monoisotopic (exact) mass is 269 g/mol. The Bertz CT molecular complexity index is 411. The molecule has 18 heavy (non-hydrogen) atoms. The van der Waals surface area contributed by atoms with Crippen molar-refractivity contribution in [2.24, 2.45) is 5.41 Å². The average molecular weight is 269 g/mol. The summed E-state index contributed by atoms with van der Waals surface area (Å²) in [4.78, 5) is 14.0. The van der Waals surface area contributed by atoms with Crippen LogP contribution in [-0.2, 0) is 6.54 Å². The second-order valence-corrected chi connectivity index (χ2v) is 5.55. The second-order valence-electron chi connectivity index (χ2n) is 5.23. The third kappa shape index (κ3) is 3.04. The minimum atomic E-state index is -0.447. The molecule has 1 aromatic rings. The van der Waals surface area contributed by atoms with Crippen LogP contribution in [-0.4, -0.2) is 20.2 Å². The first-order valence-corrected chi connectivity index (χ1v) is 7.05. The fourth-order valence-corrected chi connectivity index (χ4v) is 3.18. The van der Waals surface area contributed by atoms with Gasteiger partial charge in [0.05, 0.1) is 0 Å². The fraction of sp³-hybridized carbons (Fsp3) is 0.750. The summed E-state index contributed by atoms with van der Waals surface area (Å²) in [6.45, 7) is 0.789. The zero-order valence-electron chi connectivity index (χ0n) is 10.4. The summed E-state index contributed by atoms with van der Waals surface area (Å²) in [6.07, 6.45) is 10.4. The number of thiol groups is 1. The molecule has 0 spiro atoms. The summed E-state index contributed by atoms with van der Waals surface area (Å²) >= 11 is 4.51. The van der Waals surface area contributed by atoms with Crippen LogP contribution in [0, 0.1) is 15.5 Å². The summed E-state index contributed by atoms with van der Waals surface area (Å²) < 4.78 is 1.85. The van der Waals surface area contributed by atoms with Crippen LogP contribution in [0.1, 0.15) is 38.5 Å². The molecule has 5 nitrogen and oxygen atoms in total. The van der Waals surface area contributed by atoms with Gasteiger partial charge in [-0.3, -0.25) is 0 Å². The van der Waals surface area contributed by atoms with Crippen molar-refractivity contribution in [2.45, 2.75) is 45.1 Å². The predicted octanol–water partition coefficient (Wildman–Crippen LogP) is 3.06. The number of rotatable bonds is 4. The van der Waals surface area contributed by atoms with E-state index in [-0.39, 0.29) is 11.2 Å². The fourth-order valence-electron chi connectivity index (χ4n) is 2.76. The lowest BCUT2D eigenvalue weighted by molar-refractivity contribution is -0.389. The van der Waals surface area contributed by atoms with E-state index in [1.807, 2.05) is 4.57 Å². The van der Waals surface area contributed by atoms with Gasteiger partial charge in [0.15, 0.2) is 0 Å². The highest BCUT2D eigenvalue weighted by molar-refractivity contribution is 7.80. The Balaban J connectivity index is 2.10. The Labute approximate surface area is 112 Å². The molecule has 1 aromatic heterocycles. The number of nitro groups is 1. The molecule has 0 aliphatic heterocycles. The van der Waals surface area contributed by atoms with Crippen molar-refractivity contribution in [3.63, 3.8) is 0 Å². The second kappa shape index (κ2) is 5.73. The first-order chi connectivity index (χ1) is 8.65. The first-order valence-electron chi connectivity index (χ1n) is 6.42. The highest BCUT2D eigenvalue weighted by Gasteiger charge is 2.30. The Morgan fingerprint density at radius 1 is 1.39 bits per heavy atom. The van der Waals surface area contributed by atoms with Crippen molar-refractivity contribution in [2.75, 3.05) is 5.75 Å². The summed E-state index contributed by atoms with van der Waals surface area (Å²) in [5.41, 5.74) is 0.175. The normalized spacial score (nSPS) is 19.4. The molecule has 0 saturated heterocycles. The van der Waals surface area contributed by atoms with Gasteiger partial charge >= 0.3 is 5.82 Å². The quantitative estimate of drug-likeness (QED) is 0.395. The lowest BCUT2D eigenvalue weighted by Gasteiger charge is -2.31. The van der Waals surface area contributed by atoms with E-state index >= 15 is 0 Å². The van der Waals surface area contributed by atoms with Gasteiger partial charge in [-0.2, -0.15) is 12.6 Å². The van der Waals surface area contributed by atoms with Crippen LogP contribution in [0.25, 0.3) is 0 Å². The van der Waals surface area contributed by atoms with Crippen LogP contribution >= 0.6 is 12.6 Å². The molecular formula is C12H19N3O2S. The van der Waals surface area contributed by atoms with Crippen LogP contribution in [0.3, 0.4) is 0 Å². The van der Waals surface area contributed by atoms with E-state index in [0.29, 0.717) is 0 Å². The van der Waals surface area contributed by atoms with Crippen molar-refractivity contribution >= 4 is 18.4 Å². The molecule has 2 rings (SSSR count). The molecule has 0 amide bonds. The smallest absolute Gasteiger partial charge is 0.358 e. The summed E-state index contributed by atoms with van der Waals surface area (Å²) in [7, 11) is 0. The number of aromatic nitrogens is 2. The largest absolute Gasteiger partial charge is 0.381 e. The molecular weight excluding hydrogens is 250 g/mol. The molecule has 6 heteroatoms. The number of hydrogen-bond acceptors (Lipinski definition) is 4. The minimum Gasteiger partial charge on any atom is -0.358 e. The van der Waals surface area contributed by atoms with E-state index in [0.717, 1.165) is 25.1 Å². The standard InChI is InChI=1S/C12H19N3O2S/c16-15(17)11-7-14(10-13-11)8-12(9-18)5-3-1-2-4-6-12/h7,10,18H,1-6,8-9H2. The predicted molar refractivity (Wildman–Crippen MR) is 72.9 cm³/mol. The number of nitrogens with zero attached hydrogens (tertiary/aromatic N) is 3. The van der Waals surface area contributed by atoms with Crippen LogP contribution in [0.2, 0.25) is 0 Å². The molecule has 0 bridgehead atoms. The van der Waals surface area contributed by atoms with Crippen LogP contribution in [0.15, 0.2) is 12.5 Å². The molecule has 100 valence electrons. The minimum absolute atomic E-state index is 0.0714. The zero-order valence-corrected chi connectivity index (χ0v) is 11.3. The molecule has 0 N–H and O–H groups in total. The van der Waals surface area contributed by atoms with Gasteiger partial charge < -0.3 is 14.7 Å². The molecule has 1 aliphatic rings. The van der Waals surface area contributed by atoms with Gasteiger partial charge in [0.1, 0.15) is 6.20 Å². The van der Waals surface area contributed by atoms with E-state index in [9.17, 15) is 10.1 Å². The van der Waals surface area contributed by atoms with Crippen molar-refractivity contribution in [1.82, 2.24) is 9.55 Å². The lowest BCUT2D eigenvalue weighted by Crippen LogP contribution is -2.28. The van der Waals surface area contributed by atoms with Gasteiger partial charge in [-0.25, -0.2) is 0 Å². The molecule has 1 fully saturated rings. The van der Waals surface area contributed by atoms with E-state index in [1.54, 1.807) is 6.33 Å². The molecule has 1 saturated carbocycles. The molecule has 0 aromatic carbocycles. The zero-order chi connectivity index (χ0) is 13.0.